The van der Waals surface area contributed by atoms with E-state index in [0.717, 1.165) is 67.5 Å². The van der Waals surface area contributed by atoms with Crippen molar-refractivity contribution in [2.24, 2.45) is 0 Å². The summed E-state index contributed by atoms with van der Waals surface area (Å²) in [4.78, 5) is 21.2. The van der Waals surface area contributed by atoms with Gasteiger partial charge in [0.25, 0.3) is 0 Å². The zero-order valence-corrected chi connectivity index (χ0v) is 25.4. The van der Waals surface area contributed by atoms with Crippen LogP contribution in [0.15, 0.2) is 79.0 Å². The molecule has 1 aromatic heterocycles. The molecule has 2 aliphatic heterocycles. The van der Waals surface area contributed by atoms with Crippen LogP contribution in [-0.2, 0) is 25.8 Å². The Balaban J connectivity index is 0.929. The Morgan fingerprint density at radius 3 is 2.28 bits per heavy atom. The zero-order valence-electron chi connectivity index (χ0n) is 25.4. The zero-order chi connectivity index (χ0) is 32.3. The minimum Gasteiger partial charge on any atom is -0.490 e. The molecule has 4 aromatic rings. The van der Waals surface area contributed by atoms with E-state index in [1.165, 1.54) is 23.9 Å². The average Bonchev–Trinajstić information content (AvgIpc) is 3.49. The molecular formula is C33H35F3N6O4. The summed E-state index contributed by atoms with van der Waals surface area (Å²) >= 11 is 0. The number of rotatable bonds is 10. The van der Waals surface area contributed by atoms with Crippen molar-refractivity contribution in [3.05, 3.63) is 106 Å². The van der Waals surface area contributed by atoms with E-state index in [-0.39, 0.29) is 17.9 Å². The summed E-state index contributed by atoms with van der Waals surface area (Å²) in [5.41, 5.74) is 3.54. The van der Waals surface area contributed by atoms with Gasteiger partial charge < -0.3 is 29.4 Å². The number of aromatic nitrogens is 2. The first-order valence-corrected chi connectivity index (χ1v) is 15.2. The van der Waals surface area contributed by atoms with E-state index in [1.54, 1.807) is 4.57 Å². The van der Waals surface area contributed by atoms with E-state index < -0.39 is 16.7 Å². The van der Waals surface area contributed by atoms with E-state index >= 15 is 0 Å². The van der Waals surface area contributed by atoms with E-state index in [1.807, 2.05) is 24.1 Å². The number of piperazine rings is 1. The highest BCUT2D eigenvalue weighted by molar-refractivity contribution is 5.50. The molecule has 0 bridgehead atoms. The van der Waals surface area contributed by atoms with Gasteiger partial charge >= 0.3 is 18.0 Å². The van der Waals surface area contributed by atoms with Gasteiger partial charge in [0.2, 0.25) is 0 Å². The molecule has 6 rings (SSSR count). The molecule has 0 unspecified atom stereocenters. The summed E-state index contributed by atoms with van der Waals surface area (Å²) in [6, 6.07) is 21.9. The molecule has 0 saturated carbocycles. The number of hydrogen-bond donors (Lipinski definition) is 0. The van der Waals surface area contributed by atoms with E-state index in [4.69, 9.17) is 9.47 Å². The van der Waals surface area contributed by atoms with Crippen LogP contribution in [0.1, 0.15) is 23.1 Å². The highest BCUT2D eigenvalue weighted by atomic mass is 19.4. The third kappa shape index (κ3) is 7.53. The molecule has 0 N–H and O–H groups in total. The van der Waals surface area contributed by atoms with Crippen LogP contribution in [0.2, 0.25) is 0 Å². The Kier molecular flexibility index (Phi) is 9.02. The van der Waals surface area contributed by atoms with E-state index in [9.17, 15) is 23.3 Å². The summed E-state index contributed by atoms with van der Waals surface area (Å²) in [6.45, 7) is 5.96. The van der Waals surface area contributed by atoms with Crippen LogP contribution in [0.5, 0.6) is 11.8 Å². The number of fused-ring (bicyclic) bond motifs is 1. The molecule has 46 heavy (non-hydrogen) atoms. The molecular weight excluding hydrogens is 601 g/mol. The molecule has 1 saturated heterocycles. The van der Waals surface area contributed by atoms with Gasteiger partial charge in [-0.25, -0.2) is 0 Å². The maximum absolute atomic E-state index is 12.8. The molecule has 242 valence electrons. The number of anilines is 2. The number of halogens is 3. The SMILES string of the molecule is CN(Cc1ccc(C(F)(F)F)cc1)c1ccc(CN2CCN(c3ccc(OC[C@@H]4CCn5cc([N+](=O)[O-])nc5O4)cc3)CC2)cc1. The Labute approximate surface area is 264 Å². The number of imidazole rings is 1. The second kappa shape index (κ2) is 13.3. The van der Waals surface area contributed by atoms with Crippen LogP contribution in [0, 0.1) is 10.1 Å². The number of nitrogens with zero attached hydrogens (tertiary/aromatic N) is 6. The van der Waals surface area contributed by atoms with Crippen LogP contribution >= 0.6 is 0 Å². The molecule has 13 heteroatoms. The molecule has 10 nitrogen and oxygen atoms in total. The van der Waals surface area contributed by atoms with Crippen molar-refractivity contribution >= 4 is 17.2 Å². The first-order chi connectivity index (χ1) is 22.1. The van der Waals surface area contributed by atoms with Gasteiger partial charge in [-0.05, 0) is 64.6 Å². The van der Waals surface area contributed by atoms with Gasteiger partial charge in [0.05, 0.1) is 5.56 Å². The molecule has 0 aliphatic carbocycles. The topological polar surface area (TPSA) is 89.1 Å². The molecule has 1 atom stereocenters. The summed E-state index contributed by atoms with van der Waals surface area (Å²) in [7, 11) is 1.93. The van der Waals surface area contributed by atoms with Crippen LogP contribution in [0.4, 0.5) is 30.4 Å². The Morgan fingerprint density at radius 2 is 1.63 bits per heavy atom. The normalized spacial score (nSPS) is 16.9. The molecule has 3 heterocycles. The molecule has 2 aliphatic rings. The Hall–Kier alpha value is -4.78. The fourth-order valence-electron chi connectivity index (χ4n) is 5.72. The Morgan fingerprint density at radius 1 is 0.957 bits per heavy atom. The fraction of sp³-hybridized carbons (Fsp3) is 0.364. The Bertz CT molecular complexity index is 1620. The summed E-state index contributed by atoms with van der Waals surface area (Å²) < 4.78 is 51.9. The highest BCUT2D eigenvalue weighted by Gasteiger charge is 2.30. The van der Waals surface area contributed by atoms with Crippen molar-refractivity contribution in [2.75, 3.05) is 49.6 Å². The van der Waals surface area contributed by atoms with Gasteiger partial charge in [-0.2, -0.15) is 13.2 Å². The standard InChI is InChI=1S/C33H35F3N6O4/c1-38(20-24-2-6-26(7-3-24)33(34,35)36)27-8-4-25(5-9-27)21-39-16-18-40(19-17-39)28-10-12-29(13-11-28)45-23-30-14-15-41-22-31(42(43)44)37-32(41)46-30/h2-13,22,30H,14-21,23H2,1H3/t30-/m0/s1. The third-order valence-electron chi connectivity index (χ3n) is 8.37. The summed E-state index contributed by atoms with van der Waals surface area (Å²) in [6.07, 6.45) is -2.49. The van der Waals surface area contributed by atoms with E-state index in [0.29, 0.717) is 26.1 Å². The minimum atomic E-state index is -4.33. The van der Waals surface area contributed by atoms with Crippen molar-refractivity contribution in [1.29, 1.82) is 0 Å². The van der Waals surface area contributed by atoms with Crippen molar-refractivity contribution in [3.8, 4) is 11.8 Å². The summed E-state index contributed by atoms with van der Waals surface area (Å²) in [5, 5.41) is 11.0. The van der Waals surface area contributed by atoms with Gasteiger partial charge in [0.15, 0.2) is 0 Å². The fourth-order valence-corrected chi connectivity index (χ4v) is 5.72. The number of ether oxygens (including phenoxy) is 2. The average molecular weight is 637 g/mol. The third-order valence-corrected chi connectivity index (χ3v) is 8.37. The first-order valence-electron chi connectivity index (χ1n) is 15.2. The van der Waals surface area contributed by atoms with Crippen molar-refractivity contribution in [1.82, 2.24) is 14.5 Å². The van der Waals surface area contributed by atoms with Crippen molar-refractivity contribution < 1.29 is 27.6 Å². The first kappa shape index (κ1) is 31.2. The molecule has 3 aromatic carbocycles. The largest absolute Gasteiger partial charge is 0.490 e. The quantitative estimate of drug-likeness (QED) is 0.155. The molecule has 1 fully saturated rings. The maximum Gasteiger partial charge on any atom is 0.416 e. The lowest BCUT2D eigenvalue weighted by atomic mass is 10.1. The minimum absolute atomic E-state index is 0.218. The highest BCUT2D eigenvalue weighted by Crippen LogP contribution is 2.30. The molecule has 0 radical (unpaired) electrons. The van der Waals surface area contributed by atoms with Crippen LogP contribution in [0.3, 0.4) is 0 Å². The number of hydrogen-bond acceptors (Lipinski definition) is 8. The van der Waals surface area contributed by atoms with Gasteiger partial charge in [-0.1, -0.05) is 24.3 Å². The van der Waals surface area contributed by atoms with Crippen LogP contribution in [0.25, 0.3) is 0 Å². The number of benzene rings is 3. The predicted octanol–water partition coefficient (Wildman–Crippen LogP) is 6.00. The van der Waals surface area contributed by atoms with Gasteiger partial charge in [0, 0.05) is 75.6 Å². The monoisotopic (exact) mass is 636 g/mol. The maximum atomic E-state index is 12.8. The van der Waals surface area contributed by atoms with Gasteiger partial charge in [0.1, 0.15) is 24.7 Å². The lowest BCUT2D eigenvalue weighted by Gasteiger charge is -2.36. The van der Waals surface area contributed by atoms with Gasteiger partial charge in [-0.15, -0.1) is 0 Å². The lowest BCUT2D eigenvalue weighted by molar-refractivity contribution is -0.389. The molecule has 0 amide bonds. The van der Waals surface area contributed by atoms with Gasteiger partial charge in [-0.3, -0.25) is 9.47 Å². The smallest absolute Gasteiger partial charge is 0.416 e. The summed E-state index contributed by atoms with van der Waals surface area (Å²) in [5.74, 6) is 0.518. The second-order valence-corrected chi connectivity index (χ2v) is 11.6. The van der Waals surface area contributed by atoms with Crippen molar-refractivity contribution in [3.63, 3.8) is 0 Å². The number of nitro groups is 1. The van der Waals surface area contributed by atoms with E-state index in [2.05, 4.69) is 51.2 Å². The molecule has 0 spiro atoms. The van der Waals surface area contributed by atoms with Crippen molar-refractivity contribution in [2.45, 2.75) is 38.3 Å². The lowest BCUT2D eigenvalue weighted by Crippen LogP contribution is -2.45. The number of alkyl halides is 3. The van der Waals surface area contributed by atoms with Crippen LogP contribution < -0.4 is 19.3 Å². The predicted molar refractivity (Wildman–Crippen MR) is 167 cm³/mol. The second-order valence-electron chi connectivity index (χ2n) is 11.6. The van der Waals surface area contributed by atoms with Crippen LogP contribution in [-0.4, -0.2) is 65.3 Å². The number of aryl methyl sites for hydroxylation is 1.